The van der Waals surface area contributed by atoms with Gasteiger partial charge >= 0.3 is 0 Å². The highest BCUT2D eigenvalue weighted by molar-refractivity contribution is 4.79. The molecule has 0 aromatic carbocycles. The van der Waals surface area contributed by atoms with Gasteiger partial charge in [0.1, 0.15) is 0 Å². The molecule has 1 saturated heterocycles. The van der Waals surface area contributed by atoms with Crippen molar-refractivity contribution >= 4 is 0 Å². The van der Waals surface area contributed by atoms with Crippen LogP contribution in [-0.4, -0.2) is 69.3 Å². The first kappa shape index (κ1) is 13.4. The molecule has 7 nitrogen and oxygen atoms in total. The van der Waals surface area contributed by atoms with Crippen molar-refractivity contribution in [3.63, 3.8) is 0 Å². The summed E-state index contributed by atoms with van der Waals surface area (Å²) in [5, 5.41) is 12.1. The number of aromatic nitrogens is 4. The topological polar surface area (TPSA) is 76.1 Å². The molecule has 0 unspecified atom stereocenters. The van der Waals surface area contributed by atoms with Crippen molar-refractivity contribution in [2.45, 2.75) is 19.4 Å². The molecule has 2 rings (SSSR count). The van der Waals surface area contributed by atoms with E-state index in [0.29, 0.717) is 0 Å². The molecule has 7 heteroatoms. The van der Waals surface area contributed by atoms with E-state index in [0.717, 1.165) is 51.5 Å². The normalized spacial score (nSPS) is 19.0. The van der Waals surface area contributed by atoms with Gasteiger partial charge in [0.25, 0.3) is 0 Å². The van der Waals surface area contributed by atoms with Crippen LogP contribution in [-0.2, 0) is 13.6 Å². The number of aryl methyl sites for hydroxylation is 1. The summed E-state index contributed by atoms with van der Waals surface area (Å²) in [4.78, 5) is 6.41. The Labute approximate surface area is 108 Å². The highest BCUT2D eigenvalue weighted by Gasteiger charge is 2.16. The van der Waals surface area contributed by atoms with Crippen LogP contribution in [0.4, 0.5) is 0 Å². The maximum Gasteiger partial charge on any atom is 0.188 e. The molecule has 0 radical (unpaired) electrons. The van der Waals surface area contributed by atoms with E-state index in [9.17, 15) is 0 Å². The molecule has 1 aromatic rings. The van der Waals surface area contributed by atoms with Gasteiger partial charge in [-0.1, -0.05) is 0 Å². The van der Waals surface area contributed by atoms with E-state index in [1.807, 2.05) is 0 Å². The number of nitrogens with two attached hydrogens (primary N) is 1. The second-order valence-electron chi connectivity index (χ2n) is 4.81. The average Bonchev–Trinajstić information content (AvgIpc) is 2.63. The Hall–Kier alpha value is -1.05. The fourth-order valence-electron chi connectivity index (χ4n) is 2.31. The predicted octanol–water partition coefficient (Wildman–Crippen LogP) is -0.933. The van der Waals surface area contributed by atoms with Crippen LogP contribution in [0, 0.1) is 0 Å². The summed E-state index contributed by atoms with van der Waals surface area (Å²) < 4.78 is 0. The molecular weight excluding hydrogens is 230 g/mol. The van der Waals surface area contributed by atoms with Gasteiger partial charge in [0.2, 0.25) is 0 Å². The van der Waals surface area contributed by atoms with Crippen molar-refractivity contribution in [3.8, 4) is 0 Å². The minimum Gasteiger partial charge on any atom is -0.330 e. The molecular formula is C11H23N7. The first-order valence-corrected chi connectivity index (χ1v) is 6.65. The first-order chi connectivity index (χ1) is 8.78. The molecule has 102 valence electrons. The van der Waals surface area contributed by atoms with Crippen molar-refractivity contribution in [1.82, 2.24) is 30.0 Å². The Morgan fingerprint density at radius 1 is 1.17 bits per heavy atom. The lowest BCUT2D eigenvalue weighted by atomic mass is 10.3. The third-order valence-corrected chi connectivity index (χ3v) is 3.27. The van der Waals surface area contributed by atoms with Gasteiger partial charge in [-0.05, 0) is 44.2 Å². The van der Waals surface area contributed by atoms with Gasteiger partial charge in [0.15, 0.2) is 5.82 Å². The fraction of sp³-hybridized carbons (Fsp3) is 0.909. The molecule has 1 aliphatic heterocycles. The lowest BCUT2D eigenvalue weighted by molar-refractivity contribution is 0.247. The molecule has 1 aliphatic rings. The summed E-state index contributed by atoms with van der Waals surface area (Å²) >= 11 is 0. The Bertz CT molecular complexity index is 351. The van der Waals surface area contributed by atoms with Crippen molar-refractivity contribution in [2.75, 3.05) is 39.3 Å². The maximum atomic E-state index is 5.55. The van der Waals surface area contributed by atoms with E-state index >= 15 is 0 Å². The molecule has 0 spiro atoms. The van der Waals surface area contributed by atoms with Crippen LogP contribution in [0.2, 0.25) is 0 Å². The molecule has 1 fully saturated rings. The SMILES string of the molecule is Cn1nnc(CN2CCCN(CCCN)CC2)n1. The molecule has 0 aliphatic carbocycles. The van der Waals surface area contributed by atoms with Crippen molar-refractivity contribution in [1.29, 1.82) is 0 Å². The molecule has 0 amide bonds. The van der Waals surface area contributed by atoms with Crippen LogP contribution in [0.25, 0.3) is 0 Å². The largest absolute Gasteiger partial charge is 0.330 e. The third-order valence-electron chi connectivity index (χ3n) is 3.27. The highest BCUT2D eigenvalue weighted by atomic mass is 15.6. The summed E-state index contributed by atoms with van der Waals surface area (Å²) in [6, 6.07) is 0. The Kier molecular flexibility index (Phi) is 5.03. The van der Waals surface area contributed by atoms with Crippen LogP contribution in [0.15, 0.2) is 0 Å². The molecule has 18 heavy (non-hydrogen) atoms. The number of hydrogen-bond acceptors (Lipinski definition) is 6. The van der Waals surface area contributed by atoms with E-state index in [2.05, 4.69) is 25.2 Å². The Morgan fingerprint density at radius 3 is 2.67 bits per heavy atom. The van der Waals surface area contributed by atoms with E-state index in [1.165, 1.54) is 17.8 Å². The van der Waals surface area contributed by atoms with E-state index in [1.54, 1.807) is 7.05 Å². The highest BCUT2D eigenvalue weighted by Crippen LogP contribution is 2.06. The van der Waals surface area contributed by atoms with Crippen LogP contribution < -0.4 is 5.73 Å². The van der Waals surface area contributed by atoms with E-state index in [4.69, 9.17) is 5.73 Å². The number of rotatable bonds is 5. The lowest BCUT2D eigenvalue weighted by Crippen LogP contribution is -2.32. The summed E-state index contributed by atoms with van der Waals surface area (Å²) in [6.07, 6.45) is 2.29. The Morgan fingerprint density at radius 2 is 1.94 bits per heavy atom. The molecule has 0 atom stereocenters. The second-order valence-corrected chi connectivity index (χ2v) is 4.81. The minimum atomic E-state index is 0.781. The van der Waals surface area contributed by atoms with Gasteiger partial charge in [-0.15, -0.1) is 10.2 Å². The molecule has 0 saturated carbocycles. The maximum absolute atomic E-state index is 5.55. The number of nitrogens with zero attached hydrogens (tertiary/aromatic N) is 6. The zero-order chi connectivity index (χ0) is 12.8. The van der Waals surface area contributed by atoms with Crippen LogP contribution >= 0.6 is 0 Å². The zero-order valence-corrected chi connectivity index (χ0v) is 11.1. The van der Waals surface area contributed by atoms with E-state index < -0.39 is 0 Å². The number of hydrogen-bond donors (Lipinski definition) is 1. The third kappa shape index (κ3) is 4.01. The van der Waals surface area contributed by atoms with Crippen LogP contribution in [0.1, 0.15) is 18.7 Å². The minimum absolute atomic E-state index is 0.781. The summed E-state index contributed by atoms with van der Waals surface area (Å²) in [7, 11) is 1.80. The second kappa shape index (κ2) is 6.77. The predicted molar refractivity (Wildman–Crippen MR) is 68.8 cm³/mol. The summed E-state index contributed by atoms with van der Waals surface area (Å²) in [5.74, 6) is 0.813. The van der Waals surface area contributed by atoms with Gasteiger partial charge < -0.3 is 10.6 Å². The van der Waals surface area contributed by atoms with Crippen molar-refractivity contribution in [2.24, 2.45) is 12.8 Å². The van der Waals surface area contributed by atoms with Crippen molar-refractivity contribution < 1.29 is 0 Å². The quantitative estimate of drug-likeness (QED) is 0.730. The van der Waals surface area contributed by atoms with Crippen LogP contribution in [0.5, 0.6) is 0 Å². The van der Waals surface area contributed by atoms with Gasteiger partial charge in [-0.25, -0.2) is 0 Å². The molecule has 0 bridgehead atoms. The summed E-state index contributed by atoms with van der Waals surface area (Å²) in [6.45, 7) is 7.17. The average molecular weight is 253 g/mol. The van der Waals surface area contributed by atoms with Crippen LogP contribution in [0.3, 0.4) is 0 Å². The summed E-state index contributed by atoms with van der Waals surface area (Å²) in [5.41, 5.74) is 5.55. The van der Waals surface area contributed by atoms with Crippen molar-refractivity contribution in [3.05, 3.63) is 5.82 Å². The van der Waals surface area contributed by atoms with Gasteiger partial charge in [-0.2, -0.15) is 4.80 Å². The van der Waals surface area contributed by atoms with Gasteiger partial charge in [0, 0.05) is 13.1 Å². The number of tetrazole rings is 1. The Balaban J connectivity index is 1.78. The zero-order valence-electron chi connectivity index (χ0n) is 11.1. The molecule has 2 heterocycles. The first-order valence-electron chi connectivity index (χ1n) is 6.65. The molecule has 2 N–H and O–H groups in total. The smallest absolute Gasteiger partial charge is 0.188 e. The monoisotopic (exact) mass is 253 g/mol. The van der Waals surface area contributed by atoms with E-state index in [-0.39, 0.29) is 0 Å². The lowest BCUT2D eigenvalue weighted by Gasteiger charge is -2.20. The standard InChI is InChI=1S/C11H23N7/c1-16-14-11(13-15-16)10-18-7-3-6-17(8-9-18)5-2-4-12/h2-10,12H2,1H3. The fourth-order valence-corrected chi connectivity index (χ4v) is 2.31. The van der Waals surface area contributed by atoms with Gasteiger partial charge in [0.05, 0.1) is 13.6 Å². The van der Waals surface area contributed by atoms with Gasteiger partial charge in [-0.3, -0.25) is 4.90 Å². The molecule has 1 aromatic heterocycles.